The van der Waals surface area contributed by atoms with Gasteiger partial charge in [-0.15, -0.1) is 0 Å². The van der Waals surface area contributed by atoms with Gasteiger partial charge in [0.15, 0.2) is 10.1 Å². The summed E-state index contributed by atoms with van der Waals surface area (Å²) in [6.45, 7) is 0. The van der Waals surface area contributed by atoms with E-state index in [1.807, 2.05) is 6.26 Å². The van der Waals surface area contributed by atoms with Crippen LogP contribution in [0, 0.1) is 10.1 Å². The van der Waals surface area contributed by atoms with E-state index in [9.17, 15) is 14.9 Å². The second-order valence-corrected chi connectivity index (χ2v) is 6.31. The molecule has 0 fully saturated rings. The fourth-order valence-corrected chi connectivity index (χ4v) is 3.42. The number of aromatic nitrogens is 2. The maximum atomic E-state index is 11.9. The third kappa shape index (κ3) is 3.78. The minimum atomic E-state index is -0.492. The smallest absolute Gasteiger partial charge is 0.269 e. The Morgan fingerprint density at radius 1 is 1.40 bits per heavy atom. The van der Waals surface area contributed by atoms with Crippen molar-refractivity contribution < 1.29 is 9.72 Å². The van der Waals surface area contributed by atoms with Crippen molar-refractivity contribution in [1.82, 2.24) is 9.36 Å². The maximum absolute atomic E-state index is 11.9. The van der Waals surface area contributed by atoms with E-state index >= 15 is 0 Å². The molecule has 0 spiro atoms. The van der Waals surface area contributed by atoms with Crippen molar-refractivity contribution in [3.8, 4) is 0 Å². The van der Waals surface area contributed by atoms with Crippen LogP contribution >= 0.6 is 35.1 Å². The van der Waals surface area contributed by atoms with Crippen molar-refractivity contribution in [2.75, 3.05) is 12.0 Å². The summed E-state index contributed by atoms with van der Waals surface area (Å²) in [4.78, 5) is 26.2. The van der Waals surface area contributed by atoms with Crippen LogP contribution in [0.1, 0.15) is 10.4 Å². The highest BCUT2D eigenvalue weighted by Crippen LogP contribution is 2.24. The topological polar surface area (TPSA) is 86.0 Å². The number of ketones is 1. The number of hydrogen-bond donors (Lipinski definition) is 0. The van der Waals surface area contributed by atoms with Crippen LogP contribution in [0.25, 0.3) is 0 Å². The predicted octanol–water partition coefficient (Wildman–Crippen LogP) is 3.14. The van der Waals surface area contributed by atoms with E-state index in [1.54, 1.807) is 0 Å². The van der Waals surface area contributed by atoms with E-state index in [0.717, 1.165) is 4.34 Å². The lowest BCUT2D eigenvalue weighted by atomic mass is 10.1. The van der Waals surface area contributed by atoms with Gasteiger partial charge in [0, 0.05) is 17.7 Å². The van der Waals surface area contributed by atoms with Gasteiger partial charge in [0.1, 0.15) is 0 Å². The maximum Gasteiger partial charge on any atom is 0.269 e. The molecule has 0 saturated heterocycles. The number of carbonyl (C=O) groups is 1. The molecule has 1 heterocycles. The minimum Gasteiger partial charge on any atom is -0.293 e. The fraction of sp³-hybridized carbons (Fsp3) is 0.182. The zero-order valence-electron chi connectivity index (χ0n) is 10.3. The highest BCUT2D eigenvalue weighted by molar-refractivity contribution is 8.01. The number of nitro benzene ring substituents is 1. The van der Waals surface area contributed by atoms with E-state index in [-0.39, 0.29) is 17.2 Å². The Hall–Kier alpha value is -1.45. The van der Waals surface area contributed by atoms with Gasteiger partial charge in [-0.1, -0.05) is 23.5 Å². The highest BCUT2D eigenvalue weighted by Gasteiger charge is 2.11. The van der Waals surface area contributed by atoms with Crippen LogP contribution in [0.15, 0.2) is 33.8 Å². The molecule has 0 aliphatic heterocycles. The number of nitro groups is 1. The molecule has 0 amide bonds. The first kappa shape index (κ1) is 14.9. The normalized spacial score (nSPS) is 10.4. The van der Waals surface area contributed by atoms with Crippen molar-refractivity contribution in [3.05, 3.63) is 39.9 Å². The summed E-state index contributed by atoms with van der Waals surface area (Å²) in [5.41, 5.74) is 0.431. The molecule has 20 heavy (non-hydrogen) atoms. The molecular formula is C11H9N3O3S3. The quantitative estimate of drug-likeness (QED) is 0.348. The van der Waals surface area contributed by atoms with E-state index < -0.39 is 4.92 Å². The molecule has 0 aliphatic carbocycles. The molecule has 0 unspecified atom stereocenters. The molecule has 104 valence electrons. The van der Waals surface area contributed by atoms with E-state index in [0.29, 0.717) is 10.7 Å². The fourth-order valence-electron chi connectivity index (χ4n) is 1.32. The second-order valence-electron chi connectivity index (χ2n) is 3.56. The van der Waals surface area contributed by atoms with Crippen LogP contribution in [0.3, 0.4) is 0 Å². The number of nitrogens with zero attached hydrogens (tertiary/aromatic N) is 3. The van der Waals surface area contributed by atoms with Crippen molar-refractivity contribution in [2.45, 2.75) is 9.50 Å². The Morgan fingerprint density at radius 2 is 2.10 bits per heavy atom. The van der Waals surface area contributed by atoms with Crippen molar-refractivity contribution in [2.24, 2.45) is 0 Å². The van der Waals surface area contributed by atoms with E-state index in [2.05, 4.69) is 9.36 Å². The Balaban J connectivity index is 1.96. The monoisotopic (exact) mass is 327 g/mol. The van der Waals surface area contributed by atoms with E-state index in [4.69, 9.17) is 0 Å². The molecule has 2 rings (SSSR count). The molecule has 0 aliphatic rings. The first-order chi connectivity index (χ1) is 9.60. The first-order valence-electron chi connectivity index (χ1n) is 5.38. The van der Waals surface area contributed by atoms with Gasteiger partial charge in [0.25, 0.3) is 5.69 Å². The third-order valence-electron chi connectivity index (χ3n) is 2.30. The molecule has 1 aromatic heterocycles. The summed E-state index contributed by atoms with van der Waals surface area (Å²) in [5.74, 6) is 0.145. The Bertz CT molecular complexity index is 627. The molecule has 0 N–H and O–H groups in total. The van der Waals surface area contributed by atoms with Crippen LogP contribution in [-0.2, 0) is 0 Å². The van der Waals surface area contributed by atoms with Crippen LogP contribution in [0.4, 0.5) is 5.69 Å². The number of benzene rings is 1. The summed E-state index contributed by atoms with van der Waals surface area (Å²) < 4.78 is 4.84. The van der Waals surface area contributed by atoms with Crippen LogP contribution in [0.2, 0.25) is 0 Å². The van der Waals surface area contributed by atoms with Gasteiger partial charge >= 0.3 is 0 Å². The van der Waals surface area contributed by atoms with Gasteiger partial charge in [-0.3, -0.25) is 14.9 Å². The standard InChI is InChI=1S/C11H9N3O3S3/c1-18-10-12-11(20-13-10)19-6-9(15)7-2-4-8(5-3-7)14(16)17/h2-5H,6H2,1H3. The molecule has 9 heteroatoms. The molecular weight excluding hydrogens is 318 g/mol. The highest BCUT2D eigenvalue weighted by atomic mass is 32.2. The number of Topliss-reactive ketones (excluding diaryl/α,β-unsaturated/α-hetero) is 1. The zero-order valence-corrected chi connectivity index (χ0v) is 12.8. The first-order valence-corrected chi connectivity index (χ1v) is 8.36. The van der Waals surface area contributed by atoms with Gasteiger partial charge in [-0.2, -0.15) is 4.37 Å². The number of thioether (sulfide) groups is 2. The van der Waals surface area contributed by atoms with Gasteiger partial charge in [-0.25, -0.2) is 4.98 Å². The number of carbonyl (C=O) groups excluding carboxylic acids is 1. The van der Waals surface area contributed by atoms with Gasteiger partial charge in [0.2, 0.25) is 5.16 Å². The SMILES string of the molecule is CSc1nsc(SCC(=O)c2ccc([N+](=O)[O-])cc2)n1. The van der Waals surface area contributed by atoms with Crippen LogP contribution in [0.5, 0.6) is 0 Å². The van der Waals surface area contributed by atoms with Crippen LogP contribution in [-0.4, -0.2) is 32.1 Å². The Labute approximate surface area is 127 Å². The molecule has 2 aromatic rings. The summed E-state index contributed by atoms with van der Waals surface area (Å²) in [5, 5.41) is 11.2. The molecule has 1 aromatic carbocycles. The van der Waals surface area contributed by atoms with Crippen LogP contribution < -0.4 is 0 Å². The number of non-ortho nitro benzene ring substituents is 1. The lowest BCUT2D eigenvalue weighted by molar-refractivity contribution is -0.384. The second kappa shape index (κ2) is 6.82. The average molecular weight is 327 g/mol. The van der Waals surface area contributed by atoms with Crippen molar-refractivity contribution in [1.29, 1.82) is 0 Å². The third-order valence-corrected chi connectivity index (χ3v) is 4.80. The molecule has 0 atom stereocenters. The van der Waals surface area contributed by atoms with Crippen molar-refractivity contribution in [3.63, 3.8) is 0 Å². The predicted molar refractivity (Wildman–Crippen MR) is 79.8 cm³/mol. The average Bonchev–Trinajstić information content (AvgIpc) is 2.93. The largest absolute Gasteiger partial charge is 0.293 e. The lowest BCUT2D eigenvalue weighted by Gasteiger charge is -1.99. The Kier molecular flexibility index (Phi) is 5.10. The van der Waals surface area contributed by atoms with Gasteiger partial charge < -0.3 is 0 Å². The lowest BCUT2D eigenvalue weighted by Crippen LogP contribution is -2.02. The van der Waals surface area contributed by atoms with E-state index in [1.165, 1.54) is 59.3 Å². The molecule has 0 bridgehead atoms. The van der Waals surface area contributed by atoms with Gasteiger partial charge in [-0.05, 0) is 29.9 Å². The summed E-state index contributed by atoms with van der Waals surface area (Å²) >= 11 is 4.03. The summed E-state index contributed by atoms with van der Waals surface area (Å²) in [6.07, 6.45) is 1.89. The molecule has 0 radical (unpaired) electrons. The number of hydrogen-bond acceptors (Lipinski definition) is 8. The summed E-state index contributed by atoms with van der Waals surface area (Å²) in [6, 6.07) is 5.59. The number of rotatable bonds is 6. The minimum absolute atomic E-state index is 0.0251. The molecule has 6 nitrogen and oxygen atoms in total. The van der Waals surface area contributed by atoms with Gasteiger partial charge in [0.05, 0.1) is 10.7 Å². The zero-order chi connectivity index (χ0) is 14.5. The Morgan fingerprint density at radius 3 is 2.65 bits per heavy atom. The van der Waals surface area contributed by atoms with Crippen molar-refractivity contribution >= 4 is 46.5 Å². The molecule has 0 saturated carbocycles. The summed E-state index contributed by atoms with van der Waals surface area (Å²) in [7, 11) is 0.